The molecule has 0 heterocycles. The highest BCUT2D eigenvalue weighted by Gasteiger charge is 2.85. The zero-order valence-corrected chi connectivity index (χ0v) is 12.0. The van der Waals surface area contributed by atoms with Gasteiger partial charge >= 0.3 is 0 Å². The number of rotatable bonds is 2. The second kappa shape index (κ2) is 2.66. The molecule has 104 valence electrons. The van der Waals surface area contributed by atoms with Crippen LogP contribution >= 0.6 is 0 Å². The number of methoxy groups -OCH3 is 2. The molecule has 0 saturated heterocycles. The van der Waals surface area contributed by atoms with Gasteiger partial charge in [-0.15, -0.1) is 0 Å². The molecule has 2 nitrogen and oxygen atoms in total. The van der Waals surface area contributed by atoms with E-state index in [1.807, 2.05) is 14.2 Å². The second-order valence-electron chi connectivity index (χ2n) is 8.81. The molecule has 0 radical (unpaired) electrons. The molecule has 0 aromatic heterocycles. The molecule has 6 saturated carbocycles. The largest absolute Gasteiger partial charge is 0.378 e. The summed E-state index contributed by atoms with van der Waals surface area (Å²) in [5.41, 5.74) is 1.29. The van der Waals surface area contributed by atoms with Crippen molar-refractivity contribution in [3.8, 4) is 0 Å². The van der Waals surface area contributed by atoms with Crippen molar-refractivity contribution >= 4 is 0 Å². The summed E-state index contributed by atoms with van der Waals surface area (Å²) in [5, 5.41) is 0. The molecule has 0 aromatic rings. The van der Waals surface area contributed by atoms with Gasteiger partial charge in [0.25, 0.3) is 0 Å². The summed E-state index contributed by atoms with van der Waals surface area (Å²) in [4.78, 5) is 0. The van der Waals surface area contributed by atoms with Gasteiger partial charge in [-0.1, -0.05) is 0 Å². The van der Waals surface area contributed by atoms with Crippen LogP contribution in [-0.4, -0.2) is 25.4 Å². The summed E-state index contributed by atoms with van der Waals surface area (Å²) in [6.07, 6.45) is 8.29. The Bertz CT molecular complexity index is 479. The zero-order chi connectivity index (χ0) is 12.6. The van der Waals surface area contributed by atoms with Crippen molar-refractivity contribution in [1.82, 2.24) is 0 Å². The standard InChI is InChI=1S/C17H24O2/c1-18-15-4-10-9-3-16(19-2)7-13-11(5-15)14(10)17(13,8-16)12(9)6-15/h9-14H,3-8H2,1-2H3. The van der Waals surface area contributed by atoms with Crippen molar-refractivity contribution < 1.29 is 9.47 Å². The van der Waals surface area contributed by atoms with Gasteiger partial charge in [-0.3, -0.25) is 0 Å². The summed E-state index contributed by atoms with van der Waals surface area (Å²) in [6.45, 7) is 0. The minimum absolute atomic E-state index is 0.286. The van der Waals surface area contributed by atoms with Crippen molar-refractivity contribution in [3.05, 3.63) is 0 Å². The first-order valence-electron chi connectivity index (χ1n) is 8.27. The van der Waals surface area contributed by atoms with Gasteiger partial charge in [0.05, 0.1) is 11.2 Å². The number of hydrogen-bond donors (Lipinski definition) is 0. The van der Waals surface area contributed by atoms with Gasteiger partial charge in [0.2, 0.25) is 0 Å². The van der Waals surface area contributed by atoms with Crippen molar-refractivity contribution in [2.45, 2.75) is 49.7 Å². The molecule has 6 bridgehead atoms. The minimum Gasteiger partial charge on any atom is -0.378 e. The molecule has 0 amide bonds. The summed E-state index contributed by atoms with van der Waals surface area (Å²) < 4.78 is 12.2. The predicted molar refractivity (Wildman–Crippen MR) is 70.6 cm³/mol. The topological polar surface area (TPSA) is 18.5 Å². The van der Waals surface area contributed by atoms with Crippen molar-refractivity contribution in [3.63, 3.8) is 0 Å². The molecule has 0 N–H and O–H groups in total. The molecular weight excluding hydrogens is 236 g/mol. The lowest BCUT2D eigenvalue weighted by molar-refractivity contribution is -0.163. The molecule has 6 aliphatic rings. The summed E-state index contributed by atoms with van der Waals surface area (Å²) >= 11 is 0. The molecular formula is C17H24O2. The van der Waals surface area contributed by atoms with Crippen molar-refractivity contribution in [1.29, 1.82) is 0 Å². The maximum atomic E-state index is 6.09. The van der Waals surface area contributed by atoms with Crippen LogP contribution in [-0.2, 0) is 9.47 Å². The smallest absolute Gasteiger partial charge is 0.0690 e. The Kier molecular flexibility index (Phi) is 1.49. The first-order chi connectivity index (χ1) is 9.17. The lowest BCUT2D eigenvalue weighted by Crippen LogP contribution is -2.57. The maximum Gasteiger partial charge on any atom is 0.0690 e. The number of fused-ring (bicyclic) bond motifs is 3. The monoisotopic (exact) mass is 260 g/mol. The molecule has 9 atom stereocenters. The van der Waals surface area contributed by atoms with Crippen LogP contribution in [0.25, 0.3) is 0 Å². The molecule has 6 fully saturated rings. The van der Waals surface area contributed by atoms with E-state index in [4.69, 9.17) is 9.47 Å². The van der Waals surface area contributed by atoms with Crippen LogP contribution in [0.3, 0.4) is 0 Å². The normalized spacial score (nSPS) is 73.6. The first-order valence-corrected chi connectivity index (χ1v) is 8.27. The molecule has 19 heavy (non-hydrogen) atoms. The average molecular weight is 260 g/mol. The highest BCUT2D eigenvalue weighted by atomic mass is 16.5. The van der Waals surface area contributed by atoms with Gasteiger partial charge in [0, 0.05) is 14.2 Å². The number of ether oxygens (including phenoxy) is 2. The highest BCUT2D eigenvalue weighted by Crippen LogP contribution is 2.88. The molecule has 6 aliphatic carbocycles. The van der Waals surface area contributed by atoms with E-state index in [2.05, 4.69) is 0 Å². The van der Waals surface area contributed by atoms with Crippen LogP contribution in [0.1, 0.15) is 38.5 Å². The minimum atomic E-state index is 0.286. The first kappa shape index (κ1) is 10.6. The van der Waals surface area contributed by atoms with Gasteiger partial charge < -0.3 is 9.47 Å². The van der Waals surface area contributed by atoms with Gasteiger partial charge in [-0.25, -0.2) is 0 Å². The van der Waals surface area contributed by atoms with Crippen LogP contribution in [0, 0.1) is 40.9 Å². The fraction of sp³-hybridized carbons (Fsp3) is 1.00. The Hall–Kier alpha value is -0.0800. The van der Waals surface area contributed by atoms with Crippen LogP contribution < -0.4 is 0 Å². The van der Waals surface area contributed by atoms with E-state index < -0.39 is 0 Å². The maximum absolute atomic E-state index is 6.09. The van der Waals surface area contributed by atoms with E-state index in [1.54, 1.807) is 0 Å². The molecule has 6 rings (SSSR count). The van der Waals surface area contributed by atoms with E-state index in [0.717, 1.165) is 35.5 Å². The quantitative estimate of drug-likeness (QED) is 0.760. The Morgan fingerprint density at radius 1 is 0.737 bits per heavy atom. The van der Waals surface area contributed by atoms with E-state index >= 15 is 0 Å². The van der Waals surface area contributed by atoms with Gasteiger partial charge in [-0.2, -0.15) is 0 Å². The van der Waals surface area contributed by atoms with Crippen LogP contribution in [0.15, 0.2) is 0 Å². The average Bonchev–Trinajstić information content (AvgIpc) is 2.61. The molecule has 9 unspecified atom stereocenters. The summed E-state index contributed by atoms with van der Waals surface area (Å²) in [7, 11) is 3.97. The van der Waals surface area contributed by atoms with Crippen LogP contribution in [0.5, 0.6) is 0 Å². The Morgan fingerprint density at radius 3 is 2.16 bits per heavy atom. The Balaban J connectivity index is 1.57. The fourth-order valence-corrected chi connectivity index (χ4v) is 8.90. The van der Waals surface area contributed by atoms with Crippen molar-refractivity contribution in [2.24, 2.45) is 40.9 Å². The molecule has 2 heteroatoms. The van der Waals surface area contributed by atoms with Gasteiger partial charge in [-0.05, 0) is 79.4 Å². The lowest BCUT2D eigenvalue weighted by atomic mass is 9.45. The summed E-state index contributed by atoms with van der Waals surface area (Å²) in [6, 6.07) is 0. The third-order valence-electron chi connectivity index (χ3n) is 9.01. The summed E-state index contributed by atoms with van der Waals surface area (Å²) in [5.74, 6) is 6.02. The fourth-order valence-electron chi connectivity index (χ4n) is 8.90. The Labute approximate surface area is 115 Å². The van der Waals surface area contributed by atoms with E-state index in [9.17, 15) is 0 Å². The highest BCUT2D eigenvalue weighted by molar-refractivity contribution is 5.34. The van der Waals surface area contributed by atoms with E-state index in [1.165, 1.54) is 38.5 Å². The lowest BCUT2D eigenvalue weighted by Gasteiger charge is -2.60. The predicted octanol–water partition coefficient (Wildman–Crippen LogP) is 2.86. The van der Waals surface area contributed by atoms with Gasteiger partial charge in [0.1, 0.15) is 0 Å². The second-order valence-corrected chi connectivity index (χ2v) is 8.81. The van der Waals surface area contributed by atoms with Crippen LogP contribution in [0.4, 0.5) is 0 Å². The third-order valence-corrected chi connectivity index (χ3v) is 9.01. The molecule has 1 spiro atoms. The van der Waals surface area contributed by atoms with Crippen LogP contribution in [0.2, 0.25) is 0 Å². The SMILES string of the molecule is COC12CC3C4CC5(OC)CC6C(C1)C3C6(C5)C4C2. The van der Waals surface area contributed by atoms with Crippen molar-refractivity contribution in [2.75, 3.05) is 14.2 Å². The van der Waals surface area contributed by atoms with Gasteiger partial charge in [0.15, 0.2) is 0 Å². The van der Waals surface area contributed by atoms with E-state index in [0.29, 0.717) is 5.41 Å². The Morgan fingerprint density at radius 2 is 1.37 bits per heavy atom. The third kappa shape index (κ3) is 0.809. The van der Waals surface area contributed by atoms with E-state index in [-0.39, 0.29) is 11.2 Å². The zero-order valence-electron chi connectivity index (χ0n) is 12.0. The number of hydrogen-bond acceptors (Lipinski definition) is 2. The molecule has 0 aliphatic heterocycles. The molecule has 0 aromatic carbocycles.